The maximum atomic E-state index is 11.6. The molecule has 2 N–H and O–H groups in total. The number of nitrogens with zero attached hydrogens (tertiary/aromatic N) is 1. The number of nitrogens with one attached hydrogen (secondary N) is 1. The van der Waals surface area contributed by atoms with Crippen molar-refractivity contribution in [2.75, 3.05) is 13.2 Å². The SMILES string of the molecule is O=c1[nH]c(-c2ccc3c(c2)OCCCO3)nc(O)c1Br. The first-order valence-corrected chi connectivity index (χ1v) is 6.83. The van der Waals surface area contributed by atoms with Crippen LogP contribution in [0.3, 0.4) is 0 Å². The summed E-state index contributed by atoms with van der Waals surface area (Å²) in [6.07, 6.45) is 0.818. The van der Waals surface area contributed by atoms with Crippen LogP contribution in [0, 0.1) is 0 Å². The molecular weight excluding hydrogens is 328 g/mol. The fourth-order valence-electron chi connectivity index (χ4n) is 1.89. The summed E-state index contributed by atoms with van der Waals surface area (Å²) in [7, 11) is 0. The minimum Gasteiger partial charge on any atom is -0.492 e. The lowest BCUT2D eigenvalue weighted by Gasteiger charge is -2.09. The number of halogens is 1. The molecule has 7 heteroatoms. The van der Waals surface area contributed by atoms with Crippen molar-refractivity contribution in [2.45, 2.75) is 6.42 Å². The number of hydrogen-bond acceptors (Lipinski definition) is 5. The van der Waals surface area contributed by atoms with Crippen molar-refractivity contribution in [3.63, 3.8) is 0 Å². The van der Waals surface area contributed by atoms with Crippen LogP contribution in [0.15, 0.2) is 27.5 Å². The zero-order valence-electron chi connectivity index (χ0n) is 10.4. The van der Waals surface area contributed by atoms with E-state index >= 15 is 0 Å². The van der Waals surface area contributed by atoms with Crippen molar-refractivity contribution in [2.24, 2.45) is 0 Å². The van der Waals surface area contributed by atoms with E-state index in [2.05, 4.69) is 25.9 Å². The second-order valence-corrected chi connectivity index (χ2v) is 5.06. The molecule has 0 amide bonds. The quantitative estimate of drug-likeness (QED) is 0.831. The van der Waals surface area contributed by atoms with Gasteiger partial charge in [-0.3, -0.25) is 4.79 Å². The largest absolute Gasteiger partial charge is 0.492 e. The van der Waals surface area contributed by atoms with Crippen LogP contribution in [0.25, 0.3) is 11.4 Å². The van der Waals surface area contributed by atoms with Crippen molar-refractivity contribution in [1.82, 2.24) is 9.97 Å². The van der Waals surface area contributed by atoms with Gasteiger partial charge in [0.2, 0.25) is 5.88 Å². The Hall–Kier alpha value is -2.02. The van der Waals surface area contributed by atoms with Gasteiger partial charge in [-0.15, -0.1) is 0 Å². The standard InChI is InChI=1S/C13H11BrN2O4/c14-10-12(17)15-11(16-13(10)18)7-2-3-8-9(6-7)20-5-1-4-19-8/h2-3,6H,1,4-5H2,(H2,15,16,17,18). The Kier molecular flexibility index (Phi) is 3.35. The van der Waals surface area contributed by atoms with Crippen LogP contribution in [0.4, 0.5) is 0 Å². The molecule has 0 saturated heterocycles. The normalized spacial score (nSPS) is 13.8. The van der Waals surface area contributed by atoms with E-state index in [1.54, 1.807) is 18.2 Å². The van der Waals surface area contributed by atoms with Gasteiger partial charge in [-0.25, -0.2) is 0 Å². The van der Waals surface area contributed by atoms with Crippen LogP contribution in [-0.4, -0.2) is 28.3 Å². The molecule has 1 aliphatic rings. The van der Waals surface area contributed by atoms with Gasteiger partial charge in [0.15, 0.2) is 11.5 Å². The van der Waals surface area contributed by atoms with Gasteiger partial charge in [0, 0.05) is 12.0 Å². The third-order valence-corrected chi connectivity index (χ3v) is 3.58. The molecule has 1 aromatic carbocycles. The van der Waals surface area contributed by atoms with Crippen LogP contribution >= 0.6 is 15.9 Å². The number of H-pyrrole nitrogens is 1. The molecule has 0 atom stereocenters. The Morgan fingerprint density at radius 3 is 2.75 bits per heavy atom. The van der Waals surface area contributed by atoms with Crippen LogP contribution in [-0.2, 0) is 0 Å². The van der Waals surface area contributed by atoms with Crippen LogP contribution in [0.5, 0.6) is 17.4 Å². The highest BCUT2D eigenvalue weighted by atomic mass is 79.9. The van der Waals surface area contributed by atoms with E-state index in [0.717, 1.165) is 6.42 Å². The fourth-order valence-corrected chi connectivity index (χ4v) is 2.08. The number of aromatic nitrogens is 2. The van der Waals surface area contributed by atoms with Crippen molar-refractivity contribution < 1.29 is 14.6 Å². The molecular formula is C13H11BrN2O4. The molecule has 0 unspecified atom stereocenters. The van der Waals surface area contributed by atoms with Gasteiger partial charge in [-0.2, -0.15) is 4.98 Å². The molecule has 1 aliphatic heterocycles. The summed E-state index contributed by atoms with van der Waals surface area (Å²) in [5, 5.41) is 9.59. The summed E-state index contributed by atoms with van der Waals surface area (Å²) >= 11 is 2.96. The first kappa shape index (κ1) is 13.0. The van der Waals surface area contributed by atoms with Gasteiger partial charge in [0.1, 0.15) is 10.3 Å². The Morgan fingerprint density at radius 2 is 2.00 bits per heavy atom. The maximum Gasteiger partial charge on any atom is 0.269 e. The third-order valence-electron chi connectivity index (χ3n) is 2.87. The molecule has 3 rings (SSSR count). The molecule has 0 bridgehead atoms. The third kappa shape index (κ3) is 2.36. The molecule has 6 nitrogen and oxygen atoms in total. The van der Waals surface area contributed by atoms with Gasteiger partial charge >= 0.3 is 0 Å². The lowest BCUT2D eigenvalue weighted by Crippen LogP contribution is -2.09. The van der Waals surface area contributed by atoms with Crippen LogP contribution in [0.2, 0.25) is 0 Å². The highest BCUT2D eigenvalue weighted by Crippen LogP contribution is 2.33. The molecule has 20 heavy (non-hydrogen) atoms. The Labute approximate surface area is 122 Å². The van der Waals surface area contributed by atoms with Crippen molar-refractivity contribution in [3.05, 3.63) is 33.0 Å². The highest BCUT2D eigenvalue weighted by Gasteiger charge is 2.14. The number of fused-ring (bicyclic) bond motifs is 1. The Morgan fingerprint density at radius 1 is 1.25 bits per heavy atom. The predicted molar refractivity (Wildman–Crippen MR) is 75.3 cm³/mol. The molecule has 0 saturated carbocycles. The number of hydrogen-bond donors (Lipinski definition) is 2. The van der Waals surface area contributed by atoms with Crippen molar-refractivity contribution in [3.8, 4) is 28.8 Å². The first-order chi connectivity index (χ1) is 9.65. The van der Waals surface area contributed by atoms with Gasteiger partial charge in [-0.1, -0.05) is 0 Å². The van der Waals surface area contributed by atoms with Gasteiger partial charge in [0.25, 0.3) is 5.56 Å². The van der Waals surface area contributed by atoms with Crippen molar-refractivity contribution >= 4 is 15.9 Å². The fraction of sp³-hybridized carbons (Fsp3) is 0.231. The maximum absolute atomic E-state index is 11.6. The van der Waals surface area contributed by atoms with Gasteiger partial charge in [-0.05, 0) is 34.1 Å². The van der Waals surface area contributed by atoms with E-state index in [9.17, 15) is 9.90 Å². The molecule has 0 radical (unpaired) electrons. The topological polar surface area (TPSA) is 84.4 Å². The summed E-state index contributed by atoms with van der Waals surface area (Å²) in [6.45, 7) is 1.19. The molecule has 0 spiro atoms. The summed E-state index contributed by atoms with van der Waals surface area (Å²) in [6, 6.07) is 5.24. The highest BCUT2D eigenvalue weighted by molar-refractivity contribution is 9.10. The van der Waals surface area contributed by atoms with Crippen LogP contribution < -0.4 is 15.0 Å². The minimum absolute atomic E-state index is 0.00981. The Bertz CT molecular complexity index is 714. The van der Waals surface area contributed by atoms with E-state index in [-0.39, 0.29) is 16.2 Å². The number of rotatable bonds is 1. The van der Waals surface area contributed by atoms with E-state index in [1.165, 1.54) is 0 Å². The van der Waals surface area contributed by atoms with E-state index in [4.69, 9.17) is 9.47 Å². The smallest absolute Gasteiger partial charge is 0.269 e. The van der Waals surface area contributed by atoms with Gasteiger partial charge in [0.05, 0.1) is 13.2 Å². The molecule has 104 valence electrons. The Balaban J connectivity index is 2.07. The molecule has 0 aliphatic carbocycles. The van der Waals surface area contributed by atoms with E-state index in [1.807, 2.05) is 0 Å². The average Bonchev–Trinajstić information content (AvgIpc) is 2.68. The molecule has 0 fully saturated rings. The van der Waals surface area contributed by atoms with Crippen LogP contribution in [0.1, 0.15) is 6.42 Å². The number of ether oxygens (including phenoxy) is 2. The number of aromatic hydroxyl groups is 1. The summed E-state index contributed by atoms with van der Waals surface area (Å²) in [5.74, 6) is 1.18. The molecule has 1 aromatic heterocycles. The molecule has 2 heterocycles. The monoisotopic (exact) mass is 338 g/mol. The zero-order valence-corrected chi connectivity index (χ0v) is 11.9. The van der Waals surface area contributed by atoms with E-state index < -0.39 is 5.56 Å². The minimum atomic E-state index is -0.445. The second kappa shape index (κ2) is 5.16. The summed E-state index contributed by atoms with van der Waals surface area (Å²) in [5.41, 5.74) is 0.189. The summed E-state index contributed by atoms with van der Waals surface area (Å²) in [4.78, 5) is 18.1. The average molecular weight is 339 g/mol. The number of aromatic amines is 1. The van der Waals surface area contributed by atoms with Gasteiger partial charge < -0.3 is 19.6 Å². The first-order valence-electron chi connectivity index (χ1n) is 6.04. The predicted octanol–water partition coefficient (Wildman–Crippen LogP) is 2.07. The summed E-state index contributed by atoms with van der Waals surface area (Å²) < 4.78 is 11.1. The molecule has 2 aromatic rings. The number of benzene rings is 1. The van der Waals surface area contributed by atoms with Crippen molar-refractivity contribution in [1.29, 1.82) is 0 Å². The lowest BCUT2D eigenvalue weighted by atomic mass is 10.2. The zero-order chi connectivity index (χ0) is 14.1. The lowest BCUT2D eigenvalue weighted by molar-refractivity contribution is 0.297. The second-order valence-electron chi connectivity index (χ2n) is 4.26. The van der Waals surface area contributed by atoms with E-state index in [0.29, 0.717) is 30.3 Å².